The Kier molecular flexibility index (Phi) is 3.10. The molecule has 0 bridgehead atoms. The molecule has 0 spiro atoms. The lowest BCUT2D eigenvalue weighted by atomic mass is 10.1. The van der Waals surface area contributed by atoms with Crippen molar-refractivity contribution in [2.24, 2.45) is 5.11 Å². The summed E-state index contributed by atoms with van der Waals surface area (Å²) in [6.45, 7) is 3.77. The van der Waals surface area contributed by atoms with Crippen molar-refractivity contribution in [2.45, 2.75) is 13.8 Å². The van der Waals surface area contributed by atoms with Crippen LogP contribution in [0.4, 0.5) is 5.69 Å². The molecule has 0 aliphatic heterocycles. The molecule has 0 saturated heterocycles. The average molecular weight is 278 g/mol. The first kappa shape index (κ1) is 13.2. The number of aromatic nitrogens is 2. The minimum atomic E-state index is -0.141. The number of fused-ring (bicyclic) bond motifs is 1. The van der Waals surface area contributed by atoms with Gasteiger partial charge in [-0.2, -0.15) is 5.11 Å². The van der Waals surface area contributed by atoms with E-state index in [1.165, 1.54) is 0 Å². The molecule has 1 heterocycles. The Morgan fingerprint density at radius 3 is 2.62 bits per heavy atom. The van der Waals surface area contributed by atoms with Gasteiger partial charge in [0.15, 0.2) is 0 Å². The van der Waals surface area contributed by atoms with Crippen molar-refractivity contribution in [3.63, 3.8) is 0 Å². The number of aryl methyl sites for hydroxylation is 2. The van der Waals surface area contributed by atoms with Gasteiger partial charge in [-0.25, -0.2) is 10.5 Å². The summed E-state index contributed by atoms with van der Waals surface area (Å²) in [7, 11) is 0. The van der Waals surface area contributed by atoms with Crippen LogP contribution in [-0.4, -0.2) is 9.55 Å². The summed E-state index contributed by atoms with van der Waals surface area (Å²) in [6, 6.07) is 12.7. The van der Waals surface area contributed by atoms with Crippen LogP contribution in [0, 0.1) is 19.4 Å². The third-order valence-electron chi connectivity index (χ3n) is 3.50. The summed E-state index contributed by atoms with van der Waals surface area (Å²) >= 11 is 0. The molecule has 0 atom stereocenters. The zero-order valence-electron chi connectivity index (χ0n) is 11.8. The fourth-order valence-corrected chi connectivity index (χ4v) is 2.45. The lowest BCUT2D eigenvalue weighted by Gasteiger charge is -2.13. The SMILES string of the molecule is Cc1ccccc1-n1c(C)nc2ccc(N=N)cc2c1=O. The number of hydrogen-bond donors (Lipinski definition) is 1. The number of hydrogen-bond acceptors (Lipinski definition) is 4. The Balaban J connectivity index is 2.41. The Morgan fingerprint density at radius 1 is 1.14 bits per heavy atom. The van der Waals surface area contributed by atoms with Crippen molar-refractivity contribution in [3.8, 4) is 5.69 Å². The van der Waals surface area contributed by atoms with Crippen LogP contribution in [0.15, 0.2) is 52.4 Å². The first-order chi connectivity index (χ1) is 10.1. The van der Waals surface area contributed by atoms with Crippen molar-refractivity contribution in [3.05, 3.63) is 64.2 Å². The molecule has 1 N–H and O–H groups in total. The maximum atomic E-state index is 12.8. The van der Waals surface area contributed by atoms with E-state index in [1.54, 1.807) is 22.8 Å². The zero-order valence-corrected chi connectivity index (χ0v) is 11.8. The summed E-state index contributed by atoms with van der Waals surface area (Å²) in [5.74, 6) is 0.636. The summed E-state index contributed by atoms with van der Waals surface area (Å²) in [6.07, 6.45) is 0. The maximum absolute atomic E-state index is 12.8. The molecule has 5 nitrogen and oxygen atoms in total. The molecule has 21 heavy (non-hydrogen) atoms. The number of nitrogens with zero attached hydrogens (tertiary/aromatic N) is 3. The van der Waals surface area contributed by atoms with E-state index in [1.807, 2.05) is 38.1 Å². The van der Waals surface area contributed by atoms with Crippen LogP contribution in [0.5, 0.6) is 0 Å². The molecule has 0 fully saturated rings. The second-order valence-corrected chi connectivity index (χ2v) is 4.90. The first-order valence-corrected chi connectivity index (χ1v) is 6.58. The lowest BCUT2D eigenvalue weighted by Crippen LogP contribution is -2.22. The Morgan fingerprint density at radius 2 is 1.90 bits per heavy atom. The van der Waals surface area contributed by atoms with Crippen LogP contribution in [0.25, 0.3) is 16.6 Å². The Labute approximate surface area is 121 Å². The highest BCUT2D eigenvalue weighted by molar-refractivity contribution is 5.81. The monoisotopic (exact) mass is 278 g/mol. The van der Waals surface area contributed by atoms with Gasteiger partial charge in [0.25, 0.3) is 5.56 Å². The first-order valence-electron chi connectivity index (χ1n) is 6.58. The minimum Gasteiger partial charge on any atom is -0.268 e. The van der Waals surface area contributed by atoms with E-state index in [2.05, 4.69) is 10.1 Å². The van der Waals surface area contributed by atoms with Crippen molar-refractivity contribution < 1.29 is 0 Å². The summed E-state index contributed by atoms with van der Waals surface area (Å²) < 4.78 is 1.60. The van der Waals surface area contributed by atoms with Crippen LogP contribution in [0.2, 0.25) is 0 Å². The van der Waals surface area contributed by atoms with E-state index in [0.717, 1.165) is 11.3 Å². The van der Waals surface area contributed by atoms with Crippen molar-refractivity contribution in [1.82, 2.24) is 9.55 Å². The van der Waals surface area contributed by atoms with Gasteiger partial charge in [-0.3, -0.25) is 9.36 Å². The molecule has 0 aliphatic rings. The van der Waals surface area contributed by atoms with Crippen LogP contribution in [-0.2, 0) is 0 Å². The standard InChI is InChI=1S/C16H14N4O/c1-10-5-3-4-6-15(10)20-11(2)18-14-8-7-12(19-17)9-13(14)16(20)21/h3-9,17H,1-2H3. The molecule has 0 aliphatic carbocycles. The molecular weight excluding hydrogens is 264 g/mol. The predicted octanol–water partition coefficient (Wildman–Crippen LogP) is 3.67. The van der Waals surface area contributed by atoms with Gasteiger partial charge in [0.05, 0.1) is 22.3 Å². The van der Waals surface area contributed by atoms with Gasteiger partial charge in [0.1, 0.15) is 5.82 Å². The summed E-state index contributed by atoms with van der Waals surface area (Å²) in [4.78, 5) is 17.3. The molecule has 3 rings (SSSR count). The van der Waals surface area contributed by atoms with E-state index < -0.39 is 0 Å². The van der Waals surface area contributed by atoms with Crippen LogP contribution in [0.3, 0.4) is 0 Å². The van der Waals surface area contributed by atoms with Gasteiger partial charge in [0.2, 0.25) is 0 Å². The minimum absolute atomic E-state index is 0.141. The van der Waals surface area contributed by atoms with Crippen molar-refractivity contribution in [2.75, 3.05) is 0 Å². The van der Waals surface area contributed by atoms with Gasteiger partial charge < -0.3 is 0 Å². The molecule has 104 valence electrons. The molecular formula is C16H14N4O. The number of para-hydroxylation sites is 1. The van der Waals surface area contributed by atoms with E-state index in [9.17, 15) is 4.79 Å². The van der Waals surface area contributed by atoms with E-state index >= 15 is 0 Å². The highest BCUT2D eigenvalue weighted by Crippen LogP contribution is 2.19. The quantitative estimate of drug-likeness (QED) is 0.726. The second-order valence-electron chi connectivity index (χ2n) is 4.90. The fraction of sp³-hybridized carbons (Fsp3) is 0.125. The molecule has 0 amide bonds. The normalized spacial score (nSPS) is 10.8. The maximum Gasteiger partial charge on any atom is 0.266 e. The summed E-state index contributed by atoms with van der Waals surface area (Å²) in [5, 5.41) is 3.85. The number of nitrogens with one attached hydrogen (secondary N) is 1. The number of rotatable bonds is 2. The van der Waals surface area contributed by atoms with E-state index in [4.69, 9.17) is 5.53 Å². The van der Waals surface area contributed by atoms with Crippen molar-refractivity contribution in [1.29, 1.82) is 5.53 Å². The van der Waals surface area contributed by atoms with E-state index in [0.29, 0.717) is 22.4 Å². The highest BCUT2D eigenvalue weighted by Gasteiger charge is 2.11. The zero-order chi connectivity index (χ0) is 15.0. The molecule has 0 unspecified atom stereocenters. The lowest BCUT2D eigenvalue weighted by molar-refractivity contribution is 0.887. The molecule has 2 aromatic carbocycles. The fourth-order valence-electron chi connectivity index (χ4n) is 2.45. The third kappa shape index (κ3) is 2.12. The topological polar surface area (TPSA) is 71.1 Å². The Hall–Kier alpha value is -2.82. The largest absolute Gasteiger partial charge is 0.268 e. The summed E-state index contributed by atoms with van der Waals surface area (Å²) in [5.41, 5.74) is 9.83. The average Bonchev–Trinajstić information content (AvgIpc) is 2.49. The van der Waals surface area contributed by atoms with Crippen LogP contribution >= 0.6 is 0 Å². The van der Waals surface area contributed by atoms with Crippen LogP contribution < -0.4 is 5.56 Å². The molecule has 5 heteroatoms. The predicted molar refractivity (Wildman–Crippen MR) is 81.6 cm³/mol. The smallest absolute Gasteiger partial charge is 0.266 e. The molecule has 0 radical (unpaired) electrons. The van der Waals surface area contributed by atoms with Gasteiger partial charge in [-0.15, -0.1) is 0 Å². The van der Waals surface area contributed by atoms with Crippen molar-refractivity contribution >= 4 is 16.6 Å². The Bertz CT molecular complexity index is 912. The molecule has 1 aromatic heterocycles. The third-order valence-corrected chi connectivity index (χ3v) is 3.50. The molecule has 0 saturated carbocycles. The van der Waals surface area contributed by atoms with Gasteiger partial charge in [-0.1, -0.05) is 18.2 Å². The van der Waals surface area contributed by atoms with Crippen LogP contribution in [0.1, 0.15) is 11.4 Å². The van der Waals surface area contributed by atoms with E-state index in [-0.39, 0.29) is 5.56 Å². The second kappa shape index (κ2) is 4.94. The number of benzene rings is 2. The highest BCUT2D eigenvalue weighted by atomic mass is 16.1. The van der Waals surface area contributed by atoms with Gasteiger partial charge in [-0.05, 0) is 43.7 Å². The van der Waals surface area contributed by atoms with Gasteiger partial charge >= 0.3 is 0 Å². The molecule has 3 aromatic rings. The van der Waals surface area contributed by atoms with Gasteiger partial charge in [0, 0.05) is 0 Å².